The lowest BCUT2D eigenvalue weighted by Crippen LogP contribution is -2.46. The third kappa shape index (κ3) is 7.19. The first kappa shape index (κ1) is 34.8. The Morgan fingerprint density at radius 1 is 0.809 bits per heavy atom. The fraction of sp³-hybridized carbons (Fsp3) is 0.545. The van der Waals surface area contributed by atoms with Crippen LogP contribution in [0.25, 0.3) is 22.1 Å². The molecule has 47 heavy (non-hydrogen) atoms. The second-order valence-electron chi connectivity index (χ2n) is 14.1. The molecular formula is C33H46N6O6S2. The maximum atomic E-state index is 12.7. The van der Waals surface area contributed by atoms with Crippen LogP contribution in [0.3, 0.4) is 0 Å². The van der Waals surface area contributed by atoms with Crippen molar-refractivity contribution in [3.8, 4) is 0 Å². The number of fused-ring (bicyclic) bond motifs is 6. The molecule has 0 fully saturated rings. The van der Waals surface area contributed by atoms with E-state index in [1.54, 1.807) is 41.3 Å². The Labute approximate surface area is 277 Å². The number of rotatable bonds is 4. The highest BCUT2D eigenvalue weighted by atomic mass is 32.2. The first-order valence-electron chi connectivity index (χ1n) is 15.9. The van der Waals surface area contributed by atoms with Crippen molar-refractivity contribution >= 4 is 47.8 Å². The predicted molar refractivity (Wildman–Crippen MR) is 182 cm³/mol. The molecule has 1 amide bonds. The summed E-state index contributed by atoms with van der Waals surface area (Å²) in [4.78, 5) is 24.5. The fourth-order valence-electron chi connectivity index (χ4n) is 6.26. The van der Waals surface area contributed by atoms with Gasteiger partial charge in [-0.2, -0.15) is 0 Å². The molecule has 0 spiro atoms. The van der Waals surface area contributed by atoms with Crippen LogP contribution in [0.5, 0.6) is 0 Å². The molecule has 0 saturated heterocycles. The summed E-state index contributed by atoms with van der Waals surface area (Å²) in [6.07, 6.45) is 2.08. The van der Waals surface area contributed by atoms with Crippen LogP contribution in [-0.2, 0) is 37.5 Å². The summed E-state index contributed by atoms with van der Waals surface area (Å²) in [5.74, 6) is 2.35. The molecule has 6 rings (SSSR count). The molecule has 2 aliphatic heterocycles. The van der Waals surface area contributed by atoms with Crippen molar-refractivity contribution in [3.05, 3.63) is 48.0 Å². The number of sulfone groups is 2. The van der Waals surface area contributed by atoms with Gasteiger partial charge >= 0.3 is 6.09 Å². The summed E-state index contributed by atoms with van der Waals surface area (Å²) in [6.45, 7) is 16.7. The minimum atomic E-state index is -3.30. The topological polar surface area (TPSA) is 145 Å². The van der Waals surface area contributed by atoms with Gasteiger partial charge in [0.05, 0.1) is 43.9 Å². The third-order valence-corrected chi connectivity index (χ3v) is 10.6. The lowest BCUT2D eigenvalue weighted by atomic mass is 10.0. The summed E-state index contributed by atoms with van der Waals surface area (Å²) in [5.41, 5.74) is 2.72. The number of nitrogens with zero attached hydrogens (tertiary/aromatic N) is 5. The first-order valence-corrected chi connectivity index (χ1v) is 19.7. The molecule has 2 atom stereocenters. The predicted octanol–water partition coefficient (Wildman–Crippen LogP) is 5.13. The van der Waals surface area contributed by atoms with Crippen LogP contribution >= 0.6 is 0 Å². The lowest BCUT2D eigenvalue weighted by Gasteiger charge is -2.38. The Bertz CT molecular complexity index is 2040. The molecule has 0 bridgehead atoms. The highest BCUT2D eigenvalue weighted by molar-refractivity contribution is 7.91. The van der Waals surface area contributed by atoms with E-state index in [4.69, 9.17) is 9.72 Å². The second kappa shape index (κ2) is 12.5. The van der Waals surface area contributed by atoms with Crippen molar-refractivity contribution in [1.29, 1.82) is 0 Å². The Balaban J connectivity index is 0.000000193. The van der Waals surface area contributed by atoms with Gasteiger partial charge in [0, 0.05) is 38.7 Å². The number of carbonyl (C=O) groups excluding carboxylic acids is 1. The van der Waals surface area contributed by atoms with Gasteiger partial charge in [0.15, 0.2) is 19.7 Å². The van der Waals surface area contributed by atoms with E-state index >= 15 is 0 Å². The van der Waals surface area contributed by atoms with Gasteiger partial charge in [-0.1, -0.05) is 27.7 Å². The van der Waals surface area contributed by atoms with E-state index in [1.807, 2.05) is 39.2 Å². The number of aromatic nitrogens is 4. The summed E-state index contributed by atoms with van der Waals surface area (Å²) in [5, 5.41) is 3.48. The quantitative estimate of drug-likeness (QED) is 0.309. The number of amides is 1. The van der Waals surface area contributed by atoms with E-state index in [0.29, 0.717) is 23.9 Å². The summed E-state index contributed by atoms with van der Waals surface area (Å²) < 4.78 is 57.0. The summed E-state index contributed by atoms with van der Waals surface area (Å²) in [7, 11) is -6.48. The Kier molecular flexibility index (Phi) is 9.27. The van der Waals surface area contributed by atoms with Crippen LogP contribution in [0.2, 0.25) is 0 Å². The molecule has 14 heteroatoms. The lowest BCUT2D eigenvalue weighted by molar-refractivity contribution is 0.00401. The molecule has 2 aromatic carbocycles. The van der Waals surface area contributed by atoms with Gasteiger partial charge in [-0.3, -0.25) is 4.90 Å². The Hall–Kier alpha value is -3.49. The van der Waals surface area contributed by atoms with E-state index in [2.05, 4.69) is 28.7 Å². The van der Waals surface area contributed by atoms with Crippen LogP contribution in [0.4, 0.5) is 4.79 Å². The highest BCUT2D eigenvalue weighted by Gasteiger charge is 2.38. The molecule has 0 saturated carbocycles. The van der Waals surface area contributed by atoms with Gasteiger partial charge in [-0.15, -0.1) is 0 Å². The van der Waals surface area contributed by atoms with Gasteiger partial charge in [0.2, 0.25) is 0 Å². The zero-order valence-corrected chi connectivity index (χ0v) is 30.2. The highest BCUT2D eigenvalue weighted by Crippen LogP contribution is 2.36. The maximum absolute atomic E-state index is 12.7. The molecule has 2 aromatic heterocycles. The van der Waals surface area contributed by atoms with Crippen LogP contribution < -0.4 is 5.32 Å². The third-order valence-electron chi connectivity index (χ3n) is 8.42. The monoisotopic (exact) mass is 686 g/mol. The standard InChI is InChI=1S/C19H27N3O4S.C14H19N3O2S/c1-12(2)16-17-20-14-8-7-13(27(6,24)25)11-15(14)21(17)9-10-22(16)18(23)26-19(3,4)5;1-9(2)13-14-16-11-5-4-10(20(3,18)19)8-12(11)17(14)7-6-15-13/h7-8,11-12,16H,9-10H2,1-6H3;4-5,8-9,13,15H,6-7H2,1-3H3. The van der Waals surface area contributed by atoms with Crippen LogP contribution in [-0.4, -0.2) is 78.1 Å². The minimum absolute atomic E-state index is 0.128. The number of benzene rings is 2. The molecule has 2 unspecified atom stereocenters. The van der Waals surface area contributed by atoms with Crippen LogP contribution in [0, 0.1) is 11.8 Å². The Morgan fingerprint density at radius 3 is 1.79 bits per heavy atom. The SMILES string of the molecule is CC(C)C1NCCn2c1nc1ccc(S(C)(=O)=O)cc12.CC(C)C1c2nc3ccc(S(C)(=O)=O)cc3n2CCN1C(=O)OC(C)(C)C. The van der Waals surface area contributed by atoms with E-state index in [1.165, 1.54) is 12.5 Å². The first-order chi connectivity index (χ1) is 21.8. The van der Waals surface area contributed by atoms with E-state index in [9.17, 15) is 21.6 Å². The van der Waals surface area contributed by atoms with Crippen molar-refractivity contribution in [2.45, 2.75) is 89.0 Å². The van der Waals surface area contributed by atoms with Gasteiger partial charge in [-0.05, 0) is 69.0 Å². The van der Waals surface area contributed by atoms with Crippen molar-refractivity contribution in [1.82, 2.24) is 29.3 Å². The molecule has 256 valence electrons. The Morgan fingerprint density at radius 2 is 1.32 bits per heavy atom. The molecule has 0 radical (unpaired) electrons. The van der Waals surface area contributed by atoms with Gasteiger partial charge in [0.25, 0.3) is 0 Å². The van der Waals surface area contributed by atoms with Gasteiger partial charge < -0.3 is 19.2 Å². The average molecular weight is 687 g/mol. The zero-order chi connectivity index (χ0) is 34.6. The largest absolute Gasteiger partial charge is 0.444 e. The van der Waals surface area contributed by atoms with E-state index in [-0.39, 0.29) is 29.0 Å². The van der Waals surface area contributed by atoms with E-state index in [0.717, 1.165) is 46.8 Å². The molecule has 2 aliphatic rings. The molecule has 4 heterocycles. The van der Waals surface area contributed by atoms with Crippen molar-refractivity contribution in [2.24, 2.45) is 11.8 Å². The second-order valence-corrected chi connectivity index (χ2v) is 18.2. The molecular weight excluding hydrogens is 641 g/mol. The van der Waals surface area contributed by atoms with E-state index < -0.39 is 25.3 Å². The smallest absolute Gasteiger partial charge is 0.410 e. The number of ether oxygens (including phenoxy) is 1. The summed E-state index contributed by atoms with van der Waals surface area (Å²) in [6, 6.07) is 10.1. The molecule has 1 N–H and O–H groups in total. The minimum Gasteiger partial charge on any atom is -0.444 e. The number of carbonyl (C=O) groups is 1. The van der Waals surface area contributed by atoms with Crippen molar-refractivity contribution in [3.63, 3.8) is 0 Å². The van der Waals surface area contributed by atoms with Gasteiger partial charge in [0.1, 0.15) is 17.2 Å². The fourth-order valence-corrected chi connectivity index (χ4v) is 7.55. The van der Waals surface area contributed by atoms with Gasteiger partial charge in [-0.25, -0.2) is 31.6 Å². The van der Waals surface area contributed by atoms with Crippen LogP contribution in [0.15, 0.2) is 46.2 Å². The van der Waals surface area contributed by atoms with Crippen LogP contribution in [0.1, 0.15) is 72.2 Å². The average Bonchev–Trinajstić information content (AvgIpc) is 3.52. The molecule has 4 aromatic rings. The molecule has 12 nitrogen and oxygen atoms in total. The number of imidazole rings is 2. The normalized spacial score (nSPS) is 18.7. The van der Waals surface area contributed by atoms with Crippen molar-refractivity contribution < 1.29 is 26.4 Å². The number of hydrogen-bond donors (Lipinski definition) is 1. The number of hydrogen-bond acceptors (Lipinski definition) is 9. The molecule has 0 aliphatic carbocycles. The summed E-state index contributed by atoms with van der Waals surface area (Å²) >= 11 is 0. The maximum Gasteiger partial charge on any atom is 0.410 e. The number of nitrogens with one attached hydrogen (secondary N) is 1. The van der Waals surface area contributed by atoms with Crippen molar-refractivity contribution in [2.75, 3.05) is 25.6 Å². The zero-order valence-electron chi connectivity index (χ0n) is 28.6.